The summed E-state index contributed by atoms with van der Waals surface area (Å²) < 4.78 is 0. The van der Waals surface area contributed by atoms with Crippen LogP contribution in [0.5, 0.6) is 0 Å². The molecule has 0 heterocycles. The summed E-state index contributed by atoms with van der Waals surface area (Å²) in [6.45, 7) is 4.96. The summed E-state index contributed by atoms with van der Waals surface area (Å²) in [5.41, 5.74) is 6.75. The van der Waals surface area contributed by atoms with Crippen molar-refractivity contribution in [3.8, 4) is 0 Å². The van der Waals surface area contributed by atoms with Crippen molar-refractivity contribution in [1.29, 1.82) is 0 Å². The van der Waals surface area contributed by atoms with Crippen LogP contribution in [0, 0.1) is 0 Å². The summed E-state index contributed by atoms with van der Waals surface area (Å²) in [6.07, 6.45) is 2.21. The summed E-state index contributed by atoms with van der Waals surface area (Å²) in [7, 11) is -0.190. The molecule has 1 rings (SSSR count). The van der Waals surface area contributed by atoms with Crippen molar-refractivity contribution < 1.29 is 0 Å². The van der Waals surface area contributed by atoms with Crippen LogP contribution in [0.1, 0.15) is 19.4 Å². The van der Waals surface area contributed by atoms with Crippen molar-refractivity contribution in [2.45, 2.75) is 20.4 Å². The average Bonchev–Trinajstić information content (AvgIpc) is 2.19. The molecule has 0 atom stereocenters. The maximum absolute atomic E-state index is 5.53. The van der Waals surface area contributed by atoms with Crippen LogP contribution in [-0.2, 0) is 6.54 Å². The Morgan fingerprint density at radius 2 is 2.00 bits per heavy atom. The van der Waals surface area contributed by atoms with Crippen molar-refractivity contribution >= 4 is 14.7 Å². The molecule has 1 aromatic carbocycles. The van der Waals surface area contributed by atoms with Gasteiger partial charge in [-0.2, -0.15) is 0 Å². The zero-order chi connectivity index (χ0) is 9.68. The third-order valence-electron chi connectivity index (χ3n) is 2.23. The summed E-state index contributed by atoms with van der Waals surface area (Å²) in [4.78, 5) is 0. The molecule has 0 amide bonds. The van der Waals surface area contributed by atoms with Crippen LogP contribution in [0.4, 0.5) is 0 Å². The molecular formula is C11H17NSi. The first-order valence-electron chi connectivity index (χ1n) is 4.66. The van der Waals surface area contributed by atoms with E-state index in [1.165, 1.54) is 10.8 Å². The van der Waals surface area contributed by atoms with Crippen molar-refractivity contribution in [2.24, 2.45) is 5.73 Å². The van der Waals surface area contributed by atoms with Gasteiger partial charge in [0.05, 0.1) is 9.52 Å². The van der Waals surface area contributed by atoms with E-state index in [4.69, 9.17) is 5.73 Å². The van der Waals surface area contributed by atoms with Gasteiger partial charge in [0.25, 0.3) is 0 Å². The van der Waals surface area contributed by atoms with Gasteiger partial charge in [0.1, 0.15) is 0 Å². The Hall–Kier alpha value is -0.863. The van der Waals surface area contributed by atoms with E-state index in [-0.39, 0.29) is 9.52 Å². The molecule has 0 radical (unpaired) electrons. The largest absolute Gasteiger partial charge is 0.326 e. The van der Waals surface area contributed by atoms with E-state index in [0.29, 0.717) is 6.54 Å². The fourth-order valence-corrected chi connectivity index (χ4v) is 2.54. The van der Waals surface area contributed by atoms with E-state index >= 15 is 0 Å². The lowest BCUT2D eigenvalue weighted by Crippen LogP contribution is -2.15. The van der Waals surface area contributed by atoms with E-state index < -0.39 is 0 Å². The van der Waals surface area contributed by atoms with Crippen LogP contribution in [0.15, 0.2) is 35.5 Å². The molecule has 2 N–H and O–H groups in total. The molecule has 0 unspecified atom stereocenters. The third kappa shape index (κ3) is 3.17. The van der Waals surface area contributed by atoms with E-state index in [9.17, 15) is 0 Å². The number of nitrogens with two attached hydrogens (primary N) is 1. The molecule has 1 nitrogen and oxygen atoms in total. The molecule has 0 spiro atoms. The maximum atomic E-state index is 5.53. The molecule has 0 bridgehead atoms. The van der Waals surface area contributed by atoms with E-state index in [1.54, 1.807) is 5.20 Å². The Morgan fingerprint density at radius 3 is 2.46 bits per heavy atom. The maximum Gasteiger partial charge on any atom is 0.0816 e. The van der Waals surface area contributed by atoms with E-state index in [2.05, 4.69) is 44.2 Å². The lowest BCUT2D eigenvalue weighted by atomic mass is 10.2. The predicted molar refractivity (Wildman–Crippen MR) is 61.9 cm³/mol. The van der Waals surface area contributed by atoms with E-state index in [1.807, 2.05) is 0 Å². The molecule has 70 valence electrons. The molecule has 1 aromatic rings. The second kappa shape index (κ2) is 4.99. The zero-order valence-corrected chi connectivity index (χ0v) is 9.79. The molecule has 2 heteroatoms. The van der Waals surface area contributed by atoms with Crippen LogP contribution in [0.3, 0.4) is 0 Å². The second-order valence-electron chi connectivity index (χ2n) is 3.33. The monoisotopic (exact) mass is 191 g/mol. The first kappa shape index (κ1) is 10.2. The third-order valence-corrected chi connectivity index (χ3v) is 4.08. The summed E-state index contributed by atoms with van der Waals surface area (Å²) in [5.74, 6) is 0. The number of hydrogen-bond acceptors (Lipinski definition) is 1. The second-order valence-corrected chi connectivity index (χ2v) is 5.62. The number of rotatable bonds is 3. The molecule has 0 fully saturated rings. The molecule has 0 aromatic heterocycles. The van der Waals surface area contributed by atoms with Crippen molar-refractivity contribution in [2.75, 3.05) is 0 Å². The lowest BCUT2D eigenvalue weighted by Gasteiger charge is -2.01. The first-order valence-corrected chi connectivity index (χ1v) is 6.07. The van der Waals surface area contributed by atoms with Crippen LogP contribution >= 0.6 is 0 Å². The molecular weight excluding hydrogens is 174 g/mol. The highest BCUT2D eigenvalue weighted by atomic mass is 28.2. The predicted octanol–water partition coefficient (Wildman–Crippen LogP) is 0.863. The minimum Gasteiger partial charge on any atom is -0.326 e. The van der Waals surface area contributed by atoms with Gasteiger partial charge in [0.2, 0.25) is 0 Å². The van der Waals surface area contributed by atoms with Gasteiger partial charge in [0.15, 0.2) is 0 Å². The topological polar surface area (TPSA) is 26.0 Å². The fraction of sp³-hybridized carbons (Fsp3) is 0.273. The minimum atomic E-state index is -0.190. The Morgan fingerprint density at radius 1 is 1.38 bits per heavy atom. The van der Waals surface area contributed by atoms with Crippen LogP contribution < -0.4 is 10.9 Å². The molecule has 0 aliphatic carbocycles. The first-order chi connectivity index (χ1) is 6.26. The van der Waals surface area contributed by atoms with Gasteiger partial charge in [-0.3, -0.25) is 0 Å². The van der Waals surface area contributed by atoms with Crippen LogP contribution in [0.2, 0.25) is 0 Å². The molecule has 0 saturated carbocycles. The Kier molecular flexibility index (Phi) is 3.93. The molecule has 0 aliphatic rings. The van der Waals surface area contributed by atoms with Crippen molar-refractivity contribution in [3.63, 3.8) is 0 Å². The number of benzene rings is 1. The standard InChI is InChI=1S/C11H17NSi/c1-3-9(2)13-11-6-4-10(8-12)5-7-11/h3-7H,8,12-13H2,1-2H3. The minimum absolute atomic E-state index is 0.190. The number of allylic oxidation sites excluding steroid dienone is 2. The molecule has 13 heavy (non-hydrogen) atoms. The van der Waals surface area contributed by atoms with Gasteiger partial charge in [0, 0.05) is 6.54 Å². The zero-order valence-electron chi connectivity index (χ0n) is 8.38. The number of hydrogen-bond donors (Lipinski definition) is 1. The summed E-state index contributed by atoms with van der Waals surface area (Å²) in [5, 5.41) is 3.04. The SMILES string of the molecule is CC=C(C)[SiH2]c1ccc(CN)cc1. The highest BCUT2D eigenvalue weighted by molar-refractivity contribution is 6.60. The normalized spacial score (nSPS) is 12.7. The van der Waals surface area contributed by atoms with Gasteiger partial charge in [-0.15, -0.1) is 0 Å². The van der Waals surface area contributed by atoms with Crippen LogP contribution in [-0.4, -0.2) is 9.52 Å². The van der Waals surface area contributed by atoms with Crippen molar-refractivity contribution in [3.05, 3.63) is 41.1 Å². The van der Waals surface area contributed by atoms with Gasteiger partial charge in [-0.25, -0.2) is 0 Å². The lowest BCUT2D eigenvalue weighted by molar-refractivity contribution is 1.07. The Labute approximate surface area is 82.5 Å². The van der Waals surface area contributed by atoms with Crippen molar-refractivity contribution in [1.82, 2.24) is 0 Å². The highest BCUT2D eigenvalue weighted by Gasteiger charge is 1.94. The van der Waals surface area contributed by atoms with Crippen LogP contribution in [0.25, 0.3) is 0 Å². The van der Waals surface area contributed by atoms with Gasteiger partial charge >= 0.3 is 0 Å². The summed E-state index contributed by atoms with van der Waals surface area (Å²) in [6, 6.07) is 8.68. The fourth-order valence-electron chi connectivity index (χ4n) is 1.22. The van der Waals surface area contributed by atoms with E-state index in [0.717, 1.165) is 0 Å². The Balaban J connectivity index is 2.69. The smallest absolute Gasteiger partial charge is 0.0816 e. The molecule has 0 aliphatic heterocycles. The highest BCUT2D eigenvalue weighted by Crippen LogP contribution is 1.96. The average molecular weight is 191 g/mol. The van der Waals surface area contributed by atoms with Gasteiger partial charge in [-0.05, 0) is 19.4 Å². The summed E-state index contributed by atoms with van der Waals surface area (Å²) >= 11 is 0. The van der Waals surface area contributed by atoms with Gasteiger partial charge in [-0.1, -0.05) is 40.7 Å². The quantitative estimate of drug-likeness (QED) is 0.705. The van der Waals surface area contributed by atoms with Gasteiger partial charge < -0.3 is 5.73 Å². The Bertz CT molecular complexity index is 287. The molecule has 0 saturated heterocycles.